The second kappa shape index (κ2) is 33.0. The first-order chi connectivity index (χ1) is 66.2. The lowest BCUT2D eigenvalue weighted by Gasteiger charge is -2.18. The Labute approximate surface area is 810 Å². The molecule has 704 valence electrons. The van der Waals surface area contributed by atoms with Crippen LogP contribution in [0.5, 0.6) is 0 Å². The predicted octanol–water partition coefficient (Wildman–Crippen LogP) is 30.3. The van der Waals surface area contributed by atoms with Crippen molar-refractivity contribution < 1.29 is 71.0 Å². The van der Waals surface area contributed by atoms with Crippen molar-refractivity contribution >= 4 is 0 Å². The highest BCUT2D eigenvalue weighted by Gasteiger charge is 2.50. The fourth-order valence-electron chi connectivity index (χ4n) is 25.0. The van der Waals surface area contributed by atoms with Gasteiger partial charge in [0.25, 0.3) is 0 Å². The molecule has 4 aromatic heterocycles. The number of pyridine rings is 4. The molecule has 0 bridgehead atoms. The van der Waals surface area contributed by atoms with E-state index in [9.17, 15) is 52.7 Å². The van der Waals surface area contributed by atoms with Gasteiger partial charge in [-0.25, -0.2) is 18.3 Å². The van der Waals surface area contributed by atoms with Crippen LogP contribution in [0, 0.1) is 111 Å². The molecule has 16 aromatic rings. The van der Waals surface area contributed by atoms with Gasteiger partial charge < -0.3 is 0 Å². The van der Waals surface area contributed by atoms with Crippen LogP contribution in [0.3, 0.4) is 0 Å². The van der Waals surface area contributed by atoms with Crippen molar-refractivity contribution in [3.05, 3.63) is 395 Å². The first-order valence-corrected chi connectivity index (χ1v) is 48.0. The number of nitrogens with zero attached hydrogens (tertiary/aromatic N) is 4. The van der Waals surface area contributed by atoms with E-state index in [2.05, 4.69) is 150 Å². The fraction of sp³-hybridized carbons (Fsp3) is 0.258. The third kappa shape index (κ3) is 14.9. The standard InChI is InChI=1S/4C31H27F3N/c1-16-6-7-22-20(11-16)13-26-25(22)14-21-15-27-23(28(21)29(26)31(32,33)34)8-9-35(5)30(27)24-12-17(2)10-18(3)19(24)4;1-16-6-7-20-13-26-25(24(20)11-16)14-21-15-27-22(28(21)29(26)31(32,33)34)8-9-35(5)30(27)23-12-17(2)10-18(3)19(23)4;1-16-11-18(3)19(4)24(12-16)30-27-14-20-13-25-21-8-6-7-17(2)23(21)15-26(25)29(31(32,33)34)28(20)22(27)9-10-35(30)5;1-16-11-18(3)19(4)23(12-16)30-26-15-21-14-24-25(13-20-8-6-7-17(2)27(20)24)29(31(32,33)34)28(21)22(26)9-10-35(30)5/h2*6-12,14H,13,15H2,1-5H3;6-13H,14-15H2,1-5H3;6-12,14H,13,15H2,1-5H3/q4*+1. The monoisotopic (exact) mass is 1880 g/mol. The third-order valence-corrected chi connectivity index (χ3v) is 31.6. The maximum atomic E-state index is 14.8. The quantitative estimate of drug-likeness (QED) is 0.123. The summed E-state index contributed by atoms with van der Waals surface area (Å²) in [6, 6.07) is 56.6. The summed E-state index contributed by atoms with van der Waals surface area (Å²) in [5, 5.41) is 0. The number of aryl methyl sites for hydroxylation is 16. The number of alkyl halides is 12. The number of hydrogen-bond donors (Lipinski definition) is 0. The van der Waals surface area contributed by atoms with E-state index in [1.807, 2.05) is 202 Å². The van der Waals surface area contributed by atoms with Crippen LogP contribution in [0.2, 0.25) is 0 Å². The van der Waals surface area contributed by atoms with E-state index in [-0.39, 0.29) is 0 Å². The summed E-state index contributed by atoms with van der Waals surface area (Å²) >= 11 is 0. The number of aromatic nitrogens is 4. The molecule has 0 atom stereocenters. The lowest BCUT2D eigenvalue weighted by molar-refractivity contribution is -0.660. The number of hydrogen-bond acceptors (Lipinski definition) is 0. The van der Waals surface area contributed by atoms with Crippen LogP contribution >= 0.6 is 0 Å². The van der Waals surface area contributed by atoms with E-state index >= 15 is 0 Å². The minimum Gasteiger partial charge on any atom is -0.201 e. The van der Waals surface area contributed by atoms with Gasteiger partial charge in [0.2, 0.25) is 22.8 Å². The maximum absolute atomic E-state index is 14.8. The van der Waals surface area contributed by atoms with Gasteiger partial charge in [0.15, 0.2) is 24.8 Å². The predicted molar refractivity (Wildman–Crippen MR) is 534 cm³/mol. The molecule has 8 aliphatic carbocycles. The van der Waals surface area contributed by atoms with E-state index in [4.69, 9.17) is 0 Å². The molecule has 140 heavy (non-hydrogen) atoms. The van der Waals surface area contributed by atoms with Crippen LogP contribution in [0.25, 0.3) is 134 Å². The Morgan fingerprint density at radius 3 is 0.857 bits per heavy atom. The van der Waals surface area contributed by atoms with Gasteiger partial charge in [-0.15, -0.1) is 0 Å². The average Bonchev–Trinajstić information content (AvgIpc) is 1.57. The van der Waals surface area contributed by atoms with Gasteiger partial charge in [-0.05, 0) is 396 Å². The molecule has 0 saturated carbocycles. The first-order valence-electron chi connectivity index (χ1n) is 48.0. The summed E-state index contributed by atoms with van der Waals surface area (Å²) in [5.41, 5.74) is 48.7. The van der Waals surface area contributed by atoms with E-state index in [1.54, 1.807) is 0 Å². The van der Waals surface area contributed by atoms with Crippen molar-refractivity contribution in [2.24, 2.45) is 28.2 Å². The van der Waals surface area contributed by atoms with Gasteiger partial charge >= 0.3 is 24.7 Å². The molecule has 16 heteroatoms. The van der Waals surface area contributed by atoms with Crippen molar-refractivity contribution in [1.29, 1.82) is 0 Å². The van der Waals surface area contributed by atoms with E-state index in [1.165, 1.54) is 44.5 Å². The summed E-state index contributed by atoms with van der Waals surface area (Å²) in [7, 11) is 7.94. The zero-order chi connectivity index (χ0) is 99.2. The van der Waals surface area contributed by atoms with E-state index in [0.29, 0.717) is 107 Å². The van der Waals surface area contributed by atoms with Crippen LogP contribution < -0.4 is 18.3 Å². The summed E-state index contributed by atoms with van der Waals surface area (Å²) in [6.07, 6.45) is -6.77. The van der Waals surface area contributed by atoms with E-state index < -0.39 is 47.0 Å². The van der Waals surface area contributed by atoms with Gasteiger partial charge in [-0.1, -0.05) is 130 Å². The summed E-state index contributed by atoms with van der Waals surface area (Å²) in [4.78, 5) is 0. The van der Waals surface area contributed by atoms with Crippen molar-refractivity contribution in [3.63, 3.8) is 0 Å². The normalized spacial score (nSPS) is 13.5. The van der Waals surface area contributed by atoms with Crippen LogP contribution in [0.1, 0.15) is 200 Å². The molecule has 4 heterocycles. The second-order valence-corrected chi connectivity index (χ2v) is 40.9. The molecule has 0 fully saturated rings. The van der Waals surface area contributed by atoms with Crippen LogP contribution in [0.15, 0.2) is 195 Å². The molecule has 4 nitrogen and oxygen atoms in total. The Morgan fingerprint density at radius 2 is 0.479 bits per heavy atom. The van der Waals surface area contributed by atoms with Gasteiger partial charge in [-0.3, -0.25) is 0 Å². The van der Waals surface area contributed by atoms with Crippen LogP contribution in [0.4, 0.5) is 52.7 Å². The molecule has 0 unspecified atom stereocenters. The summed E-state index contributed by atoms with van der Waals surface area (Å²) in [6.45, 7) is 33.0. The molecule has 0 spiro atoms. The number of rotatable bonds is 4. The fourth-order valence-corrected chi connectivity index (χ4v) is 25.0. The molecule has 12 aromatic carbocycles. The third-order valence-electron chi connectivity index (χ3n) is 31.6. The second-order valence-electron chi connectivity index (χ2n) is 40.9. The van der Waals surface area contributed by atoms with Gasteiger partial charge in [0.1, 0.15) is 28.2 Å². The largest absolute Gasteiger partial charge is 0.417 e. The molecule has 0 aliphatic heterocycles. The number of halogens is 12. The Bertz CT molecular complexity index is 8110. The molecule has 0 N–H and O–H groups in total. The molecule has 0 amide bonds. The Kier molecular flexibility index (Phi) is 21.9. The minimum atomic E-state index is -4.43. The van der Waals surface area contributed by atoms with Gasteiger partial charge in [0, 0.05) is 94.5 Å². The molecular formula is C124H108F12N4+4. The molecule has 0 saturated heterocycles. The molecule has 24 rings (SSSR count). The highest BCUT2D eigenvalue weighted by atomic mass is 19.4. The topological polar surface area (TPSA) is 15.5 Å². The maximum Gasteiger partial charge on any atom is 0.417 e. The van der Waals surface area contributed by atoms with E-state index in [0.717, 1.165) is 212 Å². The minimum absolute atomic E-state index is 0.325. The van der Waals surface area contributed by atoms with Crippen molar-refractivity contribution in [2.45, 2.75) is 187 Å². The Balaban J connectivity index is 0.000000111. The highest BCUT2D eigenvalue weighted by Crippen LogP contribution is 2.61. The highest BCUT2D eigenvalue weighted by molar-refractivity contribution is 5.97. The van der Waals surface area contributed by atoms with Crippen LogP contribution in [-0.2, 0) is 104 Å². The molecule has 0 radical (unpaired) electrons. The summed E-state index contributed by atoms with van der Waals surface area (Å²) in [5.74, 6) is 0. The SMILES string of the molecule is Cc1cc(C)c(C)c(-c2c3c(cc[n+]2C)-c2c(cc4c(c2C(F)(F)F)Cc2c(C)cccc2-4)C3)c1.Cc1cc(C)c(C)c(-c2c3c(cc[n+]2C)-c2c(cc4c(c2C(F)(F)F)Cc2cccc(C)c2-4)C3)c1.Cc1ccc2c(c1)-c1cc3c(c(C(F)(F)F)c1C2)-c1cc[n+](C)c(-c2cc(C)cc(C)c2C)c1C3.Cc1ccc2c(c1)Cc1c-2cc2c(c1C(F)(F)F)-c1cc[n+](C)c(-c3cc(C)cc(C)c3C)c1C2. The van der Waals surface area contributed by atoms with Gasteiger partial charge in [0.05, 0.1) is 22.3 Å². The lowest BCUT2D eigenvalue weighted by atomic mass is 9.90. The number of benzene rings is 12. The van der Waals surface area contributed by atoms with Crippen molar-refractivity contribution in [2.75, 3.05) is 0 Å². The van der Waals surface area contributed by atoms with Crippen LogP contribution in [-0.4, -0.2) is 0 Å². The zero-order valence-corrected chi connectivity index (χ0v) is 82.5. The first kappa shape index (κ1) is 92.7. The lowest BCUT2D eigenvalue weighted by Crippen LogP contribution is -2.32. The number of fused-ring (bicyclic) bond motifs is 24. The van der Waals surface area contributed by atoms with Crippen molar-refractivity contribution in [1.82, 2.24) is 0 Å². The van der Waals surface area contributed by atoms with Gasteiger partial charge in [-0.2, -0.15) is 52.7 Å². The Morgan fingerprint density at radius 1 is 0.186 bits per heavy atom. The Hall–Kier alpha value is -13.6. The average molecular weight is 1880 g/mol. The zero-order valence-electron chi connectivity index (χ0n) is 82.5. The summed E-state index contributed by atoms with van der Waals surface area (Å²) < 4.78 is 186. The van der Waals surface area contributed by atoms with Crippen molar-refractivity contribution in [3.8, 4) is 134 Å². The smallest absolute Gasteiger partial charge is 0.201 e. The molecule has 8 aliphatic rings. The molecular weight excluding hydrogens is 1770 g/mol.